The van der Waals surface area contributed by atoms with Crippen molar-refractivity contribution < 1.29 is 15.3 Å². The summed E-state index contributed by atoms with van der Waals surface area (Å²) in [6.45, 7) is 0.909. The number of nitrogens with zero attached hydrogens (tertiary/aromatic N) is 2. The topological polar surface area (TPSA) is 105 Å². The van der Waals surface area contributed by atoms with E-state index in [0.29, 0.717) is 17.0 Å². The summed E-state index contributed by atoms with van der Waals surface area (Å²) < 4.78 is 1.65. The maximum Gasteiger partial charge on any atom is 0.136 e. The van der Waals surface area contributed by atoms with E-state index in [0.717, 1.165) is 5.52 Å². The van der Waals surface area contributed by atoms with Gasteiger partial charge in [-0.15, -0.1) is 0 Å². The number of fused-ring (bicyclic) bond motifs is 1. The van der Waals surface area contributed by atoms with Crippen LogP contribution in [0.25, 0.3) is 11.0 Å². The number of aromatic nitrogens is 2. The summed E-state index contributed by atoms with van der Waals surface area (Å²) in [5, 5.41) is 28.3. The number of aliphatic hydroxyl groups is 3. The molecular formula is C12H17N3O3. The molecule has 0 saturated heterocycles. The molecule has 6 nitrogen and oxygen atoms in total. The van der Waals surface area contributed by atoms with Gasteiger partial charge in [-0.3, -0.25) is 0 Å². The van der Waals surface area contributed by atoms with Crippen molar-refractivity contribution in [3.8, 4) is 0 Å². The number of hydrogen-bond acceptors (Lipinski definition) is 5. The Hall–Kier alpha value is -1.63. The quantitative estimate of drug-likeness (QED) is 0.564. The molecule has 0 saturated carbocycles. The third-order valence-electron chi connectivity index (χ3n) is 3.11. The minimum atomic E-state index is -0.914. The normalized spacial score (nSPS) is 12.2. The van der Waals surface area contributed by atoms with E-state index in [1.165, 1.54) is 0 Å². The summed E-state index contributed by atoms with van der Waals surface area (Å²) in [6, 6.07) is 5.18. The van der Waals surface area contributed by atoms with Gasteiger partial charge in [0.15, 0.2) is 0 Å². The molecule has 1 aromatic carbocycles. The van der Waals surface area contributed by atoms with Crippen LogP contribution in [-0.2, 0) is 12.1 Å². The Morgan fingerprint density at radius 1 is 1.28 bits per heavy atom. The number of imidazole rings is 1. The molecule has 98 valence electrons. The summed E-state index contributed by atoms with van der Waals surface area (Å²) in [5.74, 6) is 0.390. The van der Waals surface area contributed by atoms with Crippen LogP contribution in [0.5, 0.6) is 0 Å². The minimum absolute atomic E-state index is 0.258. The minimum Gasteiger partial charge on any atom is -0.399 e. The van der Waals surface area contributed by atoms with Crippen LogP contribution in [0.15, 0.2) is 18.2 Å². The van der Waals surface area contributed by atoms with Gasteiger partial charge in [-0.2, -0.15) is 0 Å². The summed E-state index contributed by atoms with van der Waals surface area (Å²) in [4.78, 5) is 4.26. The van der Waals surface area contributed by atoms with E-state index in [1.807, 2.05) is 0 Å². The molecule has 1 aromatic heterocycles. The summed E-state index contributed by atoms with van der Waals surface area (Å²) in [5.41, 5.74) is 6.70. The second kappa shape index (κ2) is 4.56. The van der Waals surface area contributed by atoms with Gasteiger partial charge < -0.3 is 25.6 Å². The molecule has 0 aliphatic carbocycles. The van der Waals surface area contributed by atoms with Crippen molar-refractivity contribution in [2.45, 2.75) is 19.1 Å². The summed E-state index contributed by atoms with van der Waals surface area (Å²) in [7, 11) is 0. The Kier molecular flexibility index (Phi) is 3.25. The van der Waals surface area contributed by atoms with Crippen molar-refractivity contribution >= 4 is 16.7 Å². The molecule has 0 aliphatic heterocycles. The lowest BCUT2D eigenvalue weighted by Crippen LogP contribution is -2.39. The lowest BCUT2D eigenvalue weighted by atomic mass is 10.0. The first-order chi connectivity index (χ1) is 8.55. The first-order valence-corrected chi connectivity index (χ1v) is 5.65. The Bertz CT molecular complexity index is 561. The predicted molar refractivity (Wildman–Crippen MR) is 67.9 cm³/mol. The van der Waals surface area contributed by atoms with Crippen molar-refractivity contribution in [2.24, 2.45) is 0 Å². The smallest absolute Gasteiger partial charge is 0.136 e. The second-order valence-corrected chi connectivity index (χ2v) is 4.58. The lowest BCUT2D eigenvalue weighted by molar-refractivity contribution is 0.0751. The molecule has 0 radical (unpaired) electrons. The maximum absolute atomic E-state index is 9.48. The fourth-order valence-electron chi connectivity index (χ4n) is 2.05. The van der Waals surface area contributed by atoms with E-state index < -0.39 is 5.54 Å². The van der Waals surface area contributed by atoms with Crippen LogP contribution in [0.1, 0.15) is 12.7 Å². The third-order valence-corrected chi connectivity index (χ3v) is 3.11. The zero-order chi connectivity index (χ0) is 13.3. The van der Waals surface area contributed by atoms with Crippen LogP contribution >= 0.6 is 0 Å². The zero-order valence-corrected chi connectivity index (χ0v) is 10.2. The average molecular weight is 251 g/mol. The molecule has 0 atom stereocenters. The van der Waals surface area contributed by atoms with E-state index in [-0.39, 0.29) is 19.8 Å². The first kappa shape index (κ1) is 12.8. The van der Waals surface area contributed by atoms with Gasteiger partial charge >= 0.3 is 0 Å². The molecule has 0 aliphatic rings. The first-order valence-electron chi connectivity index (χ1n) is 5.65. The van der Waals surface area contributed by atoms with Gasteiger partial charge in [-0.1, -0.05) is 0 Å². The summed E-state index contributed by atoms with van der Waals surface area (Å²) >= 11 is 0. The van der Waals surface area contributed by atoms with Crippen LogP contribution in [0.4, 0.5) is 5.69 Å². The highest BCUT2D eigenvalue weighted by Crippen LogP contribution is 2.26. The molecule has 1 heterocycles. The van der Waals surface area contributed by atoms with E-state index in [4.69, 9.17) is 5.73 Å². The van der Waals surface area contributed by atoms with Gasteiger partial charge in [0.1, 0.15) is 12.4 Å². The Balaban J connectivity index is 2.75. The van der Waals surface area contributed by atoms with Crippen LogP contribution < -0.4 is 5.73 Å². The number of rotatable bonds is 4. The number of aliphatic hydroxyl groups excluding tert-OH is 3. The number of hydrogen-bond donors (Lipinski definition) is 4. The molecule has 2 rings (SSSR count). The van der Waals surface area contributed by atoms with Crippen molar-refractivity contribution in [3.05, 3.63) is 24.0 Å². The Morgan fingerprint density at radius 3 is 2.50 bits per heavy atom. The van der Waals surface area contributed by atoms with Crippen LogP contribution in [0.2, 0.25) is 0 Å². The molecular weight excluding hydrogens is 234 g/mol. The van der Waals surface area contributed by atoms with Gasteiger partial charge in [0, 0.05) is 5.69 Å². The van der Waals surface area contributed by atoms with Gasteiger partial charge in [-0.25, -0.2) is 4.98 Å². The van der Waals surface area contributed by atoms with Crippen molar-refractivity contribution in [1.82, 2.24) is 9.55 Å². The monoisotopic (exact) mass is 251 g/mol. The molecule has 18 heavy (non-hydrogen) atoms. The van der Waals surface area contributed by atoms with Crippen molar-refractivity contribution in [1.29, 1.82) is 0 Å². The molecule has 0 unspecified atom stereocenters. The zero-order valence-electron chi connectivity index (χ0n) is 10.2. The molecule has 6 heteroatoms. The highest BCUT2D eigenvalue weighted by Gasteiger charge is 2.29. The summed E-state index contributed by atoms with van der Waals surface area (Å²) in [6.07, 6.45) is 0. The van der Waals surface area contributed by atoms with Crippen LogP contribution in [0.3, 0.4) is 0 Å². The highest BCUT2D eigenvalue weighted by molar-refractivity contribution is 5.80. The Morgan fingerprint density at radius 2 is 1.94 bits per heavy atom. The van der Waals surface area contributed by atoms with Crippen LogP contribution in [-0.4, -0.2) is 38.1 Å². The van der Waals surface area contributed by atoms with Gasteiger partial charge in [0.2, 0.25) is 0 Å². The SMILES string of the molecule is CC(CO)(CO)n1c(CO)nc2cc(N)ccc21. The fraction of sp³-hybridized carbons (Fsp3) is 0.417. The number of nitrogen functional groups attached to an aromatic ring is 1. The number of nitrogens with two attached hydrogens (primary N) is 1. The molecule has 0 amide bonds. The van der Waals surface area contributed by atoms with E-state index in [2.05, 4.69) is 4.98 Å². The predicted octanol–water partition coefficient (Wildman–Crippen LogP) is -0.189. The van der Waals surface area contributed by atoms with Crippen molar-refractivity contribution in [2.75, 3.05) is 18.9 Å². The van der Waals surface area contributed by atoms with Gasteiger partial charge in [0.05, 0.1) is 29.8 Å². The lowest BCUT2D eigenvalue weighted by Gasteiger charge is -2.29. The van der Waals surface area contributed by atoms with E-state index >= 15 is 0 Å². The number of anilines is 1. The van der Waals surface area contributed by atoms with E-state index in [1.54, 1.807) is 29.7 Å². The molecule has 2 aromatic rings. The standard InChI is InChI=1S/C12H17N3O3/c1-12(6-17,7-18)15-10-3-2-8(13)4-9(10)14-11(15)5-16/h2-4,16-18H,5-7,13H2,1H3. The molecule has 0 spiro atoms. The maximum atomic E-state index is 9.48. The fourth-order valence-corrected chi connectivity index (χ4v) is 2.05. The largest absolute Gasteiger partial charge is 0.399 e. The average Bonchev–Trinajstić information content (AvgIpc) is 2.75. The molecule has 0 bridgehead atoms. The third kappa shape index (κ3) is 1.84. The highest BCUT2D eigenvalue weighted by atomic mass is 16.3. The van der Waals surface area contributed by atoms with Crippen LogP contribution in [0, 0.1) is 0 Å². The second-order valence-electron chi connectivity index (χ2n) is 4.58. The van der Waals surface area contributed by atoms with Gasteiger partial charge in [0.25, 0.3) is 0 Å². The van der Waals surface area contributed by atoms with Crippen molar-refractivity contribution in [3.63, 3.8) is 0 Å². The molecule has 5 N–H and O–H groups in total. The number of benzene rings is 1. The van der Waals surface area contributed by atoms with E-state index in [9.17, 15) is 15.3 Å². The Labute approximate surface area is 104 Å². The molecule has 0 fully saturated rings. The van der Waals surface area contributed by atoms with Gasteiger partial charge in [-0.05, 0) is 25.1 Å².